The first kappa shape index (κ1) is 14.0. The van der Waals surface area contributed by atoms with Gasteiger partial charge in [0.1, 0.15) is 5.82 Å². The average Bonchev–Trinajstić information content (AvgIpc) is 2.37. The van der Waals surface area contributed by atoms with Gasteiger partial charge in [0.2, 0.25) is 0 Å². The zero-order valence-corrected chi connectivity index (χ0v) is 10.7. The maximum Gasteiger partial charge on any atom is 0.337 e. The smallest absolute Gasteiger partial charge is 0.337 e. The fourth-order valence-electron chi connectivity index (χ4n) is 1.85. The average molecular weight is 295 g/mol. The van der Waals surface area contributed by atoms with E-state index < -0.39 is 17.8 Å². The second kappa shape index (κ2) is 5.30. The fraction of sp³-hybridized carbons (Fsp3) is 0. The van der Waals surface area contributed by atoms with E-state index in [9.17, 15) is 14.0 Å². The van der Waals surface area contributed by atoms with Crippen molar-refractivity contribution in [2.75, 3.05) is 0 Å². The lowest BCUT2D eigenvalue weighted by Crippen LogP contribution is -2.02. The Hall–Kier alpha value is -2.40. The molecule has 6 heteroatoms. The number of hydrogen-bond donors (Lipinski definition) is 2. The van der Waals surface area contributed by atoms with E-state index in [0.717, 1.165) is 12.1 Å². The van der Waals surface area contributed by atoms with Crippen LogP contribution in [0.1, 0.15) is 20.7 Å². The van der Waals surface area contributed by atoms with E-state index in [-0.39, 0.29) is 27.3 Å². The Balaban J connectivity index is 2.72. The number of benzene rings is 2. The van der Waals surface area contributed by atoms with Crippen LogP contribution < -0.4 is 0 Å². The lowest BCUT2D eigenvalue weighted by atomic mass is 9.98. The van der Waals surface area contributed by atoms with Gasteiger partial charge in [-0.15, -0.1) is 0 Å². The predicted molar refractivity (Wildman–Crippen MR) is 70.8 cm³/mol. The molecule has 20 heavy (non-hydrogen) atoms. The van der Waals surface area contributed by atoms with E-state index in [1.165, 1.54) is 24.3 Å². The summed E-state index contributed by atoms with van der Waals surface area (Å²) in [5.74, 6) is -3.34. The maximum absolute atomic E-state index is 13.5. The molecule has 0 aromatic heterocycles. The Morgan fingerprint density at radius 3 is 2.35 bits per heavy atom. The minimum atomic E-state index is -1.30. The summed E-state index contributed by atoms with van der Waals surface area (Å²) in [5.41, 5.74) is -0.165. The molecule has 0 atom stereocenters. The molecule has 0 amide bonds. The van der Waals surface area contributed by atoms with Crippen molar-refractivity contribution in [3.8, 4) is 11.1 Å². The number of carboxylic acids is 2. The highest BCUT2D eigenvalue weighted by atomic mass is 35.5. The van der Waals surface area contributed by atoms with Crippen LogP contribution >= 0.6 is 11.6 Å². The van der Waals surface area contributed by atoms with Crippen molar-refractivity contribution in [1.29, 1.82) is 0 Å². The Bertz CT molecular complexity index is 712. The monoisotopic (exact) mass is 294 g/mol. The van der Waals surface area contributed by atoms with Crippen molar-refractivity contribution < 1.29 is 24.2 Å². The summed E-state index contributed by atoms with van der Waals surface area (Å²) in [4.78, 5) is 22.1. The molecular formula is C14H8ClFO4. The summed E-state index contributed by atoms with van der Waals surface area (Å²) in [5, 5.41) is 18.1. The lowest BCUT2D eigenvalue weighted by Gasteiger charge is -2.09. The first-order valence-corrected chi connectivity index (χ1v) is 5.84. The molecule has 0 bridgehead atoms. The van der Waals surface area contributed by atoms with Crippen molar-refractivity contribution in [1.82, 2.24) is 0 Å². The van der Waals surface area contributed by atoms with Crippen LogP contribution in [-0.4, -0.2) is 22.2 Å². The van der Waals surface area contributed by atoms with E-state index in [1.54, 1.807) is 0 Å². The Morgan fingerprint density at radius 2 is 1.75 bits per heavy atom. The third-order valence-electron chi connectivity index (χ3n) is 2.68. The third kappa shape index (κ3) is 2.62. The van der Waals surface area contributed by atoms with E-state index in [1.807, 2.05) is 0 Å². The highest BCUT2D eigenvalue weighted by molar-refractivity contribution is 6.34. The normalized spacial score (nSPS) is 10.3. The summed E-state index contributed by atoms with van der Waals surface area (Å²) >= 11 is 5.83. The molecule has 2 aromatic rings. The first-order valence-electron chi connectivity index (χ1n) is 5.46. The van der Waals surface area contributed by atoms with Crippen LogP contribution in [0.25, 0.3) is 11.1 Å². The number of halogens is 2. The van der Waals surface area contributed by atoms with E-state index in [2.05, 4.69) is 0 Å². The van der Waals surface area contributed by atoms with Crippen LogP contribution in [0.3, 0.4) is 0 Å². The summed E-state index contributed by atoms with van der Waals surface area (Å²) in [6.45, 7) is 0. The summed E-state index contributed by atoms with van der Waals surface area (Å²) in [6, 6.07) is 7.46. The second-order valence-corrected chi connectivity index (χ2v) is 4.41. The standard InChI is InChI=1S/C14H8ClFO4/c15-11-3-1-2-10(12(11)14(19)20)7-4-8(13(17)18)6-9(16)5-7/h1-6H,(H,17,18)(H,19,20). The molecule has 0 aliphatic heterocycles. The van der Waals surface area contributed by atoms with E-state index in [0.29, 0.717) is 0 Å². The largest absolute Gasteiger partial charge is 0.478 e. The molecule has 0 spiro atoms. The van der Waals surface area contributed by atoms with Crippen LogP contribution in [-0.2, 0) is 0 Å². The molecule has 0 heterocycles. The molecule has 0 radical (unpaired) electrons. The van der Waals surface area contributed by atoms with Crippen molar-refractivity contribution in [3.63, 3.8) is 0 Å². The van der Waals surface area contributed by atoms with Crippen LogP contribution in [0, 0.1) is 5.82 Å². The molecule has 0 saturated carbocycles. The molecule has 0 aliphatic carbocycles. The summed E-state index contributed by atoms with van der Waals surface area (Å²) < 4.78 is 13.5. The highest BCUT2D eigenvalue weighted by Gasteiger charge is 2.17. The highest BCUT2D eigenvalue weighted by Crippen LogP contribution is 2.30. The zero-order chi connectivity index (χ0) is 14.9. The predicted octanol–water partition coefficient (Wildman–Crippen LogP) is 3.54. The van der Waals surface area contributed by atoms with Gasteiger partial charge >= 0.3 is 11.9 Å². The minimum absolute atomic E-state index is 0.00358. The minimum Gasteiger partial charge on any atom is -0.478 e. The van der Waals surface area contributed by atoms with Crippen molar-refractivity contribution >= 4 is 23.5 Å². The molecule has 2 N–H and O–H groups in total. The van der Waals surface area contributed by atoms with Crippen LogP contribution in [0.4, 0.5) is 4.39 Å². The van der Waals surface area contributed by atoms with Crippen LogP contribution in [0.5, 0.6) is 0 Å². The van der Waals surface area contributed by atoms with Crippen molar-refractivity contribution in [2.45, 2.75) is 0 Å². The third-order valence-corrected chi connectivity index (χ3v) is 3.00. The lowest BCUT2D eigenvalue weighted by molar-refractivity contribution is 0.0687. The van der Waals surface area contributed by atoms with E-state index in [4.69, 9.17) is 21.8 Å². The topological polar surface area (TPSA) is 74.6 Å². The first-order chi connectivity index (χ1) is 9.40. The molecule has 4 nitrogen and oxygen atoms in total. The Morgan fingerprint density at radius 1 is 1.05 bits per heavy atom. The molecule has 0 saturated heterocycles. The van der Waals surface area contributed by atoms with Gasteiger partial charge in [-0.25, -0.2) is 14.0 Å². The van der Waals surface area contributed by atoms with E-state index >= 15 is 0 Å². The summed E-state index contributed by atoms with van der Waals surface area (Å²) in [6.07, 6.45) is 0. The van der Waals surface area contributed by atoms with Crippen LogP contribution in [0.15, 0.2) is 36.4 Å². The zero-order valence-electron chi connectivity index (χ0n) is 9.93. The van der Waals surface area contributed by atoms with Gasteiger partial charge in [-0.05, 0) is 35.4 Å². The Kier molecular flexibility index (Phi) is 3.72. The van der Waals surface area contributed by atoms with Crippen LogP contribution in [0.2, 0.25) is 5.02 Å². The molecule has 2 aromatic carbocycles. The van der Waals surface area contributed by atoms with Crippen molar-refractivity contribution in [3.05, 3.63) is 58.4 Å². The second-order valence-electron chi connectivity index (χ2n) is 4.00. The molecular weight excluding hydrogens is 287 g/mol. The number of rotatable bonds is 3. The number of carbonyl (C=O) groups is 2. The van der Waals surface area contributed by atoms with Gasteiger partial charge in [-0.2, -0.15) is 0 Å². The van der Waals surface area contributed by atoms with Gasteiger partial charge in [0.05, 0.1) is 16.1 Å². The molecule has 102 valence electrons. The number of hydrogen-bond acceptors (Lipinski definition) is 2. The molecule has 0 unspecified atom stereocenters. The number of aromatic carboxylic acids is 2. The quantitative estimate of drug-likeness (QED) is 0.908. The van der Waals surface area contributed by atoms with Gasteiger partial charge in [0.25, 0.3) is 0 Å². The Labute approximate surface area is 118 Å². The SMILES string of the molecule is O=C(O)c1cc(F)cc(-c2cccc(Cl)c2C(=O)O)c1. The molecule has 0 aliphatic rings. The van der Waals surface area contributed by atoms with Crippen molar-refractivity contribution in [2.24, 2.45) is 0 Å². The maximum atomic E-state index is 13.5. The van der Waals surface area contributed by atoms with Gasteiger partial charge in [-0.1, -0.05) is 23.7 Å². The van der Waals surface area contributed by atoms with Gasteiger partial charge in [0, 0.05) is 0 Å². The van der Waals surface area contributed by atoms with Gasteiger partial charge in [-0.3, -0.25) is 0 Å². The summed E-state index contributed by atoms with van der Waals surface area (Å²) in [7, 11) is 0. The fourth-order valence-corrected chi connectivity index (χ4v) is 2.11. The molecule has 2 rings (SSSR count). The molecule has 0 fully saturated rings. The number of carboxylic acid groups (broad SMARTS) is 2. The van der Waals surface area contributed by atoms with Gasteiger partial charge in [0.15, 0.2) is 0 Å². The van der Waals surface area contributed by atoms with Gasteiger partial charge < -0.3 is 10.2 Å².